The highest BCUT2D eigenvalue weighted by atomic mass is 32.2. The first-order valence-corrected chi connectivity index (χ1v) is 14.4. The number of non-ortho nitro benzene ring substituents is 1. The first kappa shape index (κ1) is 27.1. The Morgan fingerprint density at radius 2 is 1.55 bits per heavy atom. The highest BCUT2D eigenvalue weighted by Crippen LogP contribution is 2.37. The van der Waals surface area contributed by atoms with Crippen LogP contribution in [-0.4, -0.2) is 28.7 Å². The summed E-state index contributed by atoms with van der Waals surface area (Å²) in [5.74, 6) is -1.75. The van der Waals surface area contributed by atoms with Gasteiger partial charge in [-0.05, 0) is 66.6 Å². The third-order valence-corrected chi connectivity index (χ3v) is 8.95. The summed E-state index contributed by atoms with van der Waals surface area (Å²) in [5.41, 5.74) is -1.04. The van der Waals surface area contributed by atoms with Crippen LogP contribution in [0.15, 0.2) is 81.2 Å². The zero-order chi connectivity index (χ0) is 28.9. The molecule has 9 nitrogen and oxygen atoms in total. The predicted molar refractivity (Wildman–Crippen MR) is 147 cm³/mol. The summed E-state index contributed by atoms with van der Waals surface area (Å²) in [5, 5.41) is 11.2. The maximum atomic E-state index is 14.6. The monoisotopic (exact) mass is 583 g/mol. The summed E-state index contributed by atoms with van der Waals surface area (Å²) < 4.78 is 55.0. The third kappa shape index (κ3) is 4.62. The Balaban J connectivity index is 1.82. The Morgan fingerprint density at radius 3 is 2.10 bits per heavy atom. The molecule has 0 aliphatic carbocycles. The van der Waals surface area contributed by atoms with Crippen molar-refractivity contribution >= 4 is 37.1 Å². The first-order chi connectivity index (χ1) is 18.9. The summed E-state index contributed by atoms with van der Waals surface area (Å²) in [6.45, 7) is 1.11. The number of nitro groups is 1. The van der Waals surface area contributed by atoms with Gasteiger partial charge < -0.3 is 0 Å². The molecule has 2 aromatic heterocycles. The maximum Gasteiger partial charge on any atom is 0.337 e. The smallest absolute Gasteiger partial charge is 0.279 e. The van der Waals surface area contributed by atoms with Crippen molar-refractivity contribution in [1.82, 2.24) is 9.13 Å². The topological polar surface area (TPSA) is 121 Å². The predicted octanol–water partition coefficient (Wildman–Crippen LogP) is 4.83. The maximum absolute atomic E-state index is 14.6. The van der Waals surface area contributed by atoms with E-state index in [0.717, 1.165) is 38.9 Å². The molecule has 0 fully saturated rings. The van der Waals surface area contributed by atoms with E-state index < -0.39 is 44.2 Å². The van der Waals surface area contributed by atoms with Gasteiger partial charge in [-0.15, -0.1) is 11.3 Å². The van der Waals surface area contributed by atoms with Crippen molar-refractivity contribution in [2.45, 2.75) is 18.4 Å². The van der Waals surface area contributed by atoms with E-state index in [1.165, 1.54) is 54.6 Å². The number of hydrogen-bond acceptors (Lipinski definition) is 7. The third-order valence-electron chi connectivity index (χ3n) is 6.45. The zero-order valence-electron chi connectivity index (χ0n) is 20.9. The molecule has 3 aromatic carbocycles. The molecule has 0 spiro atoms. The fourth-order valence-electron chi connectivity index (χ4n) is 4.41. The van der Waals surface area contributed by atoms with E-state index in [0.29, 0.717) is 16.0 Å². The van der Waals surface area contributed by atoms with Gasteiger partial charge in [-0.3, -0.25) is 19.5 Å². The number of fused-ring (bicyclic) bond motifs is 1. The van der Waals surface area contributed by atoms with E-state index in [2.05, 4.69) is 0 Å². The Kier molecular flexibility index (Phi) is 6.72. The van der Waals surface area contributed by atoms with Gasteiger partial charge >= 0.3 is 5.69 Å². The van der Waals surface area contributed by atoms with Crippen LogP contribution in [0, 0.1) is 28.7 Å². The summed E-state index contributed by atoms with van der Waals surface area (Å²) in [6.07, 6.45) is 1.02. The van der Waals surface area contributed by atoms with E-state index in [1.807, 2.05) is 0 Å². The molecular weight excluding hydrogens is 564 g/mol. The van der Waals surface area contributed by atoms with Crippen molar-refractivity contribution < 1.29 is 22.1 Å². The van der Waals surface area contributed by atoms with Crippen LogP contribution in [0.5, 0.6) is 0 Å². The lowest BCUT2D eigenvalue weighted by molar-refractivity contribution is -0.384. The van der Waals surface area contributed by atoms with Gasteiger partial charge in [0.2, 0.25) is 0 Å². The molecule has 0 atom stereocenters. The molecule has 0 N–H and O–H groups in total. The fraction of sp³-hybridized carbons (Fsp3) is 0.111. The summed E-state index contributed by atoms with van der Waals surface area (Å²) in [7, 11) is -3.55. The number of rotatable bonds is 6. The molecule has 5 rings (SSSR count). The number of hydrogen-bond donors (Lipinski definition) is 0. The van der Waals surface area contributed by atoms with Gasteiger partial charge in [0.1, 0.15) is 16.5 Å². The highest BCUT2D eigenvalue weighted by Gasteiger charge is 2.23. The largest absolute Gasteiger partial charge is 0.337 e. The van der Waals surface area contributed by atoms with E-state index in [-0.39, 0.29) is 32.1 Å². The molecule has 2 heterocycles. The van der Waals surface area contributed by atoms with Crippen LogP contribution in [0.1, 0.15) is 11.1 Å². The normalized spacial score (nSPS) is 11.7. The molecule has 204 valence electrons. The van der Waals surface area contributed by atoms with Crippen molar-refractivity contribution in [2.75, 3.05) is 6.26 Å². The lowest BCUT2D eigenvalue weighted by Crippen LogP contribution is -2.39. The van der Waals surface area contributed by atoms with Crippen LogP contribution in [-0.2, 0) is 16.4 Å². The SMILES string of the molecule is Cc1c(-c2ccc([N+](=O)[O-])cc2)sc2c1c(=O)n(-c1ccc(S(C)(=O)=O)cc1)c(=O)n2Cc1c(F)cccc1F. The Bertz CT molecular complexity index is 2030. The number of nitro benzene ring substituents is 1. The van der Waals surface area contributed by atoms with Gasteiger partial charge in [0, 0.05) is 28.8 Å². The van der Waals surface area contributed by atoms with E-state index >= 15 is 0 Å². The number of sulfone groups is 1. The van der Waals surface area contributed by atoms with Crippen molar-refractivity contribution in [2.24, 2.45) is 0 Å². The molecule has 13 heteroatoms. The standard InChI is InChI=1S/C27H19F2N3O6S2/c1-15-23-25(33)31(17-10-12-19(13-11-17)40(2,37)38)27(34)30(14-20-21(28)4-3-5-22(20)29)26(23)39-24(15)16-6-8-18(9-7-16)32(35)36/h3-13H,14H2,1-2H3. The average Bonchev–Trinajstić information content (AvgIpc) is 3.25. The lowest BCUT2D eigenvalue weighted by atomic mass is 10.1. The number of benzene rings is 3. The molecular formula is C27H19F2N3O6S2. The van der Waals surface area contributed by atoms with Gasteiger partial charge in [-0.1, -0.05) is 6.07 Å². The Labute approximate surface area is 229 Å². The van der Waals surface area contributed by atoms with Gasteiger partial charge in [0.25, 0.3) is 11.2 Å². The van der Waals surface area contributed by atoms with E-state index in [1.54, 1.807) is 6.92 Å². The average molecular weight is 584 g/mol. The molecule has 0 aliphatic rings. The van der Waals surface area contributed by atoms with Crippen LogP contribution >= 0.6 is 11.3 Å². The van der Waals surface area contributed by atoms with E-state index in [4.69, 9.17) is 0 Å². The second-order valence-corrected chi connectivity index (χ2v) is 12.0. The minimum Gasteiger partial charge on any atom is -0.279 e. The number of nitrogens with zero attached hydrogens (tertiary/aromatic N) is 3. The zero-order valence-corrected chi connectivity index (χ0v) is 22.6. The molecule has 40 heavy (non-hydrogen) atoms. The number of thiophene rings is 1. The molecule has 0 saturated heterocycles. The van der Waals surface area contributed by atoms with Gasteiger partial charge in [-0.2, -0.15) is 0 Å². The van der Waals surface area contributed by atoms with Crippen LogP contribution < -0.4 is 11.2 Å². The summed E-state index contributed by atoms with van der Waals surface area (Å²) in [6, 6.07) is 14.1. The van der Waals surface area contributed by atoms with Gasteiger partial charge in [-0.25, -0.2) is 26.6 Å². The summed E-state index contributed by atoms with van der Waals surface area (Å²) in [4.78, 5) is 38.8. The molecule has 0 saturated carbocycles. The quantitative estimate of drug-likeness (QED) is 0.209. The summed E-state index contributed by atoms with van der Waals surface area (Å²) >= 11 is 1.04. The number of halogens is 2. The molecule has 5 aromatic rings. The molecule has 0 radical (unpaired) electrons. The lowest BCUT2D eigenvalue weighted by Gasteiger charge is -2.13. The number of aromatic nitrogens is 2. The molecule has 0 bridgehead atoms. The fourth-order valence-corrected chi connectivity index (χ4v) is 6.34. The van der Waals surface area contributed by atoms with Crippen LogP contribution in [0.25, 0.3) is 26.3 Å². The Morgan fingerprint density at radius 1 is 0.950 bits per heavy atom. The second kappa shape index (κ2) is 9.92. The van der Waals surface area contributed by atoms with Gasteiger partial charge in [0.05, 0.1) is 27.4 Å². The molecule has 0 aliphatic heterocycles. The minimum absolute atomic E-state index is 0.0219. The first-order valence-electron chi connectivity index (χ1n) is 11.7. The molecule has 0 amide bonds. The Hall–Kier alpha value is -4.49. The molecule has 0 unspecified atom stereocenters. The van der Waals surface area contributed by atoms with Gasteiger partial charge in [0.15, 0.2) is 9.84 Å². The number of aryl methyl sites for hydroxylation is 1. The van der Waals surface area contributed by atoms with Crippen molar-refractivity contribution in [3.63, 3.8) is 0 Å². The van der Waals surface area contributed by atoms with Crippen molar-refractivity contribution in [3.05, 3.63) is 120 Å². The van der Waals surface area contributed by atoms with Crippen LogP contribution in [0.3, 0.4) is 0 Å². The minimum atomic E-state index is -3.55. The van der Waals surface area contributed by atoms with Crippen LogP contribution in [0.2, 0.25) is 0 Å². The van der Waals surface area contributed by atoms with E-state index in [9.17, 15) is 36.9 Å². The second-order valence-electron chi connectivity index (χ2n) is 9.02. The highest BCUT2D eigenvalue weighted by molar-refractivity contribution is 7.90. The van der Waals surface area contributed by atoms with Crippen molar-refractivity contribution in [1.29, 1.82) is 0 Å². The van der Waals surface area contributed by atoms with Crippen molar-refractivity contribution in [3.8, 4) is 16.1 Å². The van der Waals surface area contributed by atoms with Crippen LogP contribution in [0.4, 0.5) is 14.5 Å².